The van der Waals surface area contributed by atoms with Gasteiger partial charge in [0.2, 0.25) is 0 Å². The molecule has 2 aromatic rings. The minimum Gasteiger partial charge on any atom is -0.319 e. The molecule has 0 bridgehead atoms. The Kier molecular flexibility index (Phi) is 3.40. The van der Waals surface area contributed by atoms with Crippen molar-refractivity contribution >= 4 is 20.6 Å². The summed E-state index contributed by atoms with van der Waals surface area (Å²) in [4.78, 5) is 4.37. The van der Waals surface area contributed by atoms with Crippen molar-refractivity contribution in [2.24, 2.45) is 0 Å². The maximum atomic E-state index is 12.1. The average Bonchev–Trinajstić information content (AvgIpc) is 2.36. The van der Waals surface area contributed by atoms with Crippen LogP contribution in [0.15, 0.2) is 41.6 Å². The van der Waals surface area contributed by atoms with Crippen molar-refractivity contribution < 1.29 is 8.42 Å². The van der Waals surface area contributed by atoms with E-state index in [1.54, 1.807) is 37.6 Å². The summed E-state index contributed by atoms with van der Waals surface area (Å²) in [6, 6.07) is 6.99. The lowest BCUT2D eigenvalue weighted by Crippen LogP contribution is -2.19. The largest absolute Gasteiger partial charge is 0.319 e. The first-order chi connectivity index (χ1) is 8.15. The number of nitrogens with one attached hydrogen (secondary N) is 1. The fraction of sp³-hybridized carbons (Fsp3) is 0.250. The van der Waals surface area contributed by atoms with E-state index in [-0.39, 0.29) is 5.75 Å². The number of rotatable bonds is 4. The lowest BCUT2D eigenvalue weighted by molar-refractivity contribution is 0.594. The fourth-order valence-corrected chi connectivity index (χ4v) is 3.21. The fourth-order valence-electron chi connectivity index (χ4n) is 1.71. The van der Waals surface area contributed by atoms with Crippen molar-refractivity contribution in [3.8, 4) is 0 Å². The molecule has 0 aliphatic carbocycles. The van der Waals surface area contributed by atoms with Gasteiger partial charge in [0, 0.05) is 29.7 Å². The summed E-state index contributed by atoms with van der Waals surface area (Å²) in [6.07, 6.45) is 3.28. The van der Waals surface area contributed by atoms with Gasteiger partial charge in [-0.3, -0.25) is 4.98 Å². The van der Waals surface area contributed by atoms with E-state index >= 15 is 0 Å². The van der Waals surface area contributed by atoms with Gasteiger partial charge in [0.15, 0.2) is 9.84 Å². The maximum Gasteiger partial charge on any atom is 0.180 e. The van der Waals surface area contributed by atoms with Crippen LogP contribution >= 0.6 is 0 Å². The van der Waals surface area contributed by atoms with Crippen molar-refractivity contribution in [2.75, 3.05) is 19.3 Å². The van der Waals surface area contributed by atoms with Gasteiger partial charge in [-0.15, -0.1) is 0 Å². The molecule has 0 saturated carbocycles. The first kappa shape index (κ1) is 12.0. The number of nitrogens with zero attached hydrogens (tertiary/aromatic N) is 1. The highest BCUT2D eigenvalue weighted by molar-refractivity contribution is 7.91. The highest BCUT2D eigenvalue weighted by atomic mass is 32.2. The van der Waals surface area contributed by atoms with Crippen LogP contribution < -0.4 is 5.32 Å². The van der Waals surface area contributed by atoms with Crippen LogP contribution in [0.5, 0.6) is 0 Å². The Hall–Kier alpha value is -1.46. The number of sulfone groups is 1. The predicted octanol–water partition coefficient (Wildman–Crippen LogP) is 1.23. The Morgan fingerprint density at radius 2 is 2.12 bits per heavy atom. The number of aromatic nitrogens is 1. The molecule has 0 amide bonds. The number of pyridine rings is 1. The van der Waals surface area contributed by atoms with Crippen molar-refractivity contribution in [1.29, 1.82) is 0 Å². The molecule has 0 aliphatic rings. The molecule has 1 aromatic carbocycles. The Balaban J connectivity index is 2.55. The summed E-state index contributed by atoms with van der Waals surface area (Å²) in [5, 5.41) is 4.43. The minimum absolute atomic E-state index is 0.102. The predicted molar refractivity (Wildman–Crippen MR) is 67.7 cm³/mol. The molecule has 90 valence electrons. The van der Waals surface area contributed by atoms with Gasteiger partial charge < -0.3 is 5.32 Å². The Bertz CT molecular complexity index is 618. The summed E-state index contributed by atoms with van der Waals surface area (Å²) < 4.78 is 24.3. The molecule has 0 aliphatic heterocycles. The van der Waals surface area contributed by atoms with E-state index in [0.717, 1.165) is 10.8 Å². The van der Waals surface area contributed by atoms with Crippen LogP contribution in [-0.4, -0.2) is 32.7 Å². The lowest BCUT2D eigenvalue weighted by atomic mass is 10.2. The third kappa shape index (κ3) is 2.45. The Morgan fingerprint density at radius 3 is 2.88 bits per heavy atom. The molecule has 1 N–H and O–H groups in total. The van der Waals surface area contributed by atoms with Gasteiger partial charge in [0.25, 0.3) is 0 Å². The van der Waals surface area contributed by atoms with Gasteiger partial charge in [0.1, 0.15) is 0 Å². The van der Waals surface area contributed by atoms with E-state index < -0.39 is 9.84 Å². The second kappa shape index (κ2) is 4.81. The molecule has 4 nitrogen and oxygen atoms in total. The van der Waals surface area contributed by atoms with Gasteiger partial charge in [-0.2, -0.15) is 0 Å². The Morgan fingerprint density at radius 1 is 1.29 bits per heavy atom. The van der Waals surface area contributed by atoms with Gasteiger partial charge >= 0.3 is 0 Å². The highest BCUT2D eigenvalue weighted by Gasteiger charge is 2.16. The first-order valence-electron chi connectivity index (χ1n) is 5.35. The molecule has 0 radical (unpaired) electrons. The zero-order chi connectivity index (χ0) is 12.3. The average molecular weight is 250 g/mol. The van der Waals surface area contributed by atoms with Crippen molar-refractivity contribution in [1.82, 2.24) is 10.3 Å². The van der Waals surface area contributed by atoms with Crippen molar-refractivity contribution in [3.63, 3.8) is 0 Å². The third-order valence-electron chi connectivity index (χ3n) is 2.60. The van der Waals surface area contributed by atoms with E-state index in [1.165, 1.54) is 0 Å². The standard InChI is InChI=1S/C12H14N2O2S/c1-13-7-8-17(15,16)12-4-2-3-10-9-14-6-5-11(10)12/h2-6,9,13H,7-8H2,1H3. The molecule has 5 heteroatoms. The van der Waals surface area contributed by atoms with Crippen LogP contribution in [0.2, 0.25) is 0 Å². The SMILES string of the molecule is CNCCS(=O)(=O)c1cccc2cnccc12. The smallest absolute Gasteiger partial charge is 0.180 e. The van der Waals surface area contributed by atoms with E-state index in [0.29, 0.717) is 11.4 Å². The molecule has 1 aromatic heterocycles. The molecule has 2 rings (SSSR count). The number of hydrogen-bond acceptors (Lipinski definition) is 4. The highest BCUT2D eigenvalue weighted by Crippen LogP contribution is 2.22. The molecular formula is C12H14N2O2S. The van der Waals surface area contributed by atoms with E-state index in [9.17, 15) is 8.42 Å². The summed E-state index contributed by atoms with van der Waals surface area (Å²) in [6.45, 7) is 0.448. The molecule has 17 heavy (non-hydrogen) atoms. The van der Waals surface area contributed by atoms with Gasteiger partial charge in [-0.25, -0.2) is 8.42 Å². The van der Waals surface area contributed by atoms with E-state index in [1.807, 2.05) is 6.07 Å². The molecule has 0 saturated heterocycles. The zero-order valence-electron chi connectivity index (χ0n) is 9.55. The van der Waals surface area contributed by atoms with Crippen LogP contribution in [0.3, 0.4) is 0 Å². The topological polar surface area (TPSA) is 59.1 Å². The molecular weight excluding hydrogens is 236 g/mol. The minimum atomic E-state index is -3.24. The molecule has 0 unspecified atom stereocenters. The number of benzene rings is 1. The molecule has 0 atom stereocenters. The van der Waals surface area contributed by atoms with Gasteiger partial charge in [0.05, 0.1) is 10.6 Å². The molecule has 0 spiro atoms. The number of hydrogen-bond donors (Lipinski definition) is 1. The normalized spacial score (nSPS) is 11.8. The summed E-state index contributed by atoms with van der Waals surface area (Å²) in [7, 11) is -1.50. The number of fused-ring (bicyclic) bond motifs is 1. The zero-order valence-corrected chi connectivity index (χ0v) is 10.4. The van der Waals surface area contributed by atoms with Crippen LogP contribution in [0.25, 0.3) is 10.8 Å². The third-order valence-corrected chi connectivity index (χ3v) is 4.36. The lowest BCUT2D eigenvalue weighted by Gasteiger charge is -2.07. The van der Waals surface area contributed by atoms with Crippen LogP contribution in [-0.2, 0) is 9.84 Å². The maximum absolute atomic E-state index is 12.1. The van der Waals surface area contributed by atoms with Crippen LogP contribution in [0.4, 0.5) is 0 Å². The summed E-state index contributed by atoms with van der Waals surface area (Å²) >= 11 is 0. The van der Waals surface area contributed by atoms with Crippen molar-refractivity contribution in [3.05, 3.63) is 36.7 Å². The van der Waals surface area contributed by atoms with Crippen molar-refractivity contribution in [2.45, 2.75) is 4.90 Å². The quantitative estimate of drug-likeness (QED) is 0.886. The first-order valence-corrected chi connectivity index (χ1v) is 7.00. The van der Waals surface area contributed by atoms with Gasteiger partial charge in [-0.1, -0.05) is 12.1 Å². The van der Waals surface area contributed by atoms with Gasteiger partial charge in [-0.05, 0) is 19.2 Å². The molecule has 1 heterocycles. The van der Waals surface area contributed by atoms with Crippen LogP contribution in [0, 0.1) is 0 Å². The molecule has 0 fully saturated rings. The van der Waals surface area contributed by atoms with Crippen LogP contribution in [0.1, 0.15) is 0 Å². The Labute approximate surface area is 101 Å². The monoisotopic (exact) mass is 250 g/mol. The second-order valence-corrected chi connectivity index (χ2v) is 5.85. The van der Waals surface area contributed by atoms with E-state index in [2.05, 4.69) is 10.3 Å². The summed E-state index contributed by atoms with van der Waals surface area (Å²) in [5.41, 5.74) is 0. The summed E-state index contributed by atoms with van der Waals surface area (Å²) in [5.74, 6) is 0.102. The second-order valence-electron chi connectivity index (χ2n) is 3.78. The van der Waals surface area contributed by atoms with E-state index in [4.69, 9.17) is 0 Å².